The van der Waals surface area contributed by atoms with E-state index in [1.165, 1.54) is 5.69 Å². The Kier molecular flexibility index (Phi) is 3.84. The van der Waals surface area contributed by atoms with Gasteiger partial charge >= 0.3 is 0 Å². The van der Waals surface area contributed by atoms with Crippen molar-refractivity contribution in [3.05, 3.63) is 17.8 Å². The third-order valence-electron chi connectivity index (χ3n) is 3.64. The second-order valence-corrected chi connectivity index (χ2v) is 5.02. The van der Waals surface area contributed by atoms with Crippen LogP contribution in [0.4, 0.5) is 11.5 Å². The molecule has 2 aliphatic rings. The van der Waals surface area contributed by atoms with E-state index in [1.807, 2.05) is 0 Å². The molecule has 2 fully saturated rings. The largest absolute Gasteiger partial charge is 0.378 e. The van der Waals surface area contributed by atoms with Crippen LogP contribution < -0.4 is 9.80 Å². The van der Waals surface area contributed by atoms with Crippen LogP contribution in [0.3, 0.4) is 0 Å². The van der Waals surface area contributed by atoms with Gasteiger partial charge in [0.25, 0.3) is 0 Å². The van der Waals surface area contributed by atoms with Crippen LogP contribution >= 0.6 is 0 Å². The first-order chi connectivity index (χ1) is 9.33. The monoisotopic (exact) mass is 263 g/mol. The fourth-order valence-electron chi connectivity index (χ4n) is 2.59. The van der Waals surface area contributed by atoms with Crippen molar-refractivity contribution < 1.29 is 9.47 Å². The molecule has 0 unspecified atom stereocenters. The van der Waals surface area contributed by atoms with Gasteiger partial charge in [0.15, 0.2) is 0 Å². The van der Waals surface area contributed by atoms with Crippen molar-refractivity contribution in [3.8, 4) is 0 Å². The summed E-state index contributed by atoms with van der Waals surface area (Å²) in [6, 6.07) is 4.36. The zero-order valence-electron chi connectivity index (χ0n) is 11.5. The van der Waals surface area contributed by atoms with E-state index >= 15 is 0 Å². The molecule has 0 atom stereocenters. The van der Waals surface area contributed by atoms with Gasteiger partial charge in [-0.15, -0.1) is 0 Å². The summed E-state index contributed by atoms with van der Waals surface area (Å²) in [5, 5.41) is 0. The lowest BCUT2D eigenvalue weighted by atomic mass is 10.2. The number of rotatable bonds is 2. The lowest BCUT2D eigenvalue weighted by Crippen LogP contribution is -2.38. The van der Waals surface area contributed by atoms with E-state index in [9.17, 15) is 0 Å². The number of aryl methyl sites for hydroxylation is 1. The first-order valence-electron chi connectivity index (χ1n) is 6.97. The number of anilines is 2. The predicted octanol–water partition coefficient (Wildman–Crippen LogP) is 1.06. The van der Waals surface area contributed by atoms with Gasteiger partial charge in [-0.3, -0.25) is 0 Å². The van der Waals surface area contributed by atoms with Crippen LogP contribution in [0.25, 0.3) is 0 Å². The van der Waals surface area contributed by atoms with Crippen molar-refractivity contribution in [2.45, 2.75) is 6.92 Å². The summed E-state index contributed by atoms with van der Waals surface area (Å²) < 4.78 is 10.8. The Morgan fingerprint density at radius 1 is 0.895 bits per heavy atom. The second-order valence-electron chi connectivity index (χ2n) is 5.02. The van der Waals surface area contributed by atoms with Crippen molar-refractivity contribution in [2.75, 3.05) is 62.4 Å². The third-order valence-corrected chi connectivity index (χ3v) is 3.64. The predicted molar refractivity (Wildman–Crippen MR) is 75.0 cm³/mol. The Balaban J connectivity index is 1.82. The van der Waals surface area contributed by atoms with Crippen molar-refractivity contribution >= 4 is 11.5 Å². The molecule has 0 radical (unpaired) electrons. The average Bonchev–Trinajstić information content (AvgIpc) is 2.48. The molecular weight excluding hydrogens is 242 g/mol. The Morgan fingerprint density at radius 2 is 1.47 bits per heavy atom. The summed E-state index contributed by atoms with van der Waals surface area (Å²) in [7, 11) is 0. The van der Waals surface area contributed by atoms with Crippen molar-refractivity contribution in [1.29, 1.82) is 0 Å². The van der Waals surface area contributed by atoms with Crippen molar-refractivity contribution in [3.63, 3.8) is 0 Å². The summed E-state index contributed by atoms with van der Waals surface area (Å²) >= 11 is 0. The Bertz CT molecular complexity index is 390. The van der Waals surface area contributed by atoms with Gasteiger partial charge in [0, 0.05) is 43.6 Å². The maximum Gasteiger partial charge on any atom is 0.131 e. The highest BCUT2D eigenvalue weighted by Crippen LogP contribution is 2.23. The van der Waals surface area contributed by atoms with E-state index in [-0.39, 0.29) is 0 Å². The topological polar surface area (TPSA) is 37.8 Å². The number of pyridine rings is 1. The van der Waals surface area contributed by atoms with Gasteiger partial charge in [-0.1, -0.05) is 0 Å². The standard InChI is InChI=1S/C14H21N3O2/c1-12-10-13(16-2-6-18-7-3-16)11-14(15-12)17-4-8-19-9-5-17/h10-11H,2-9H2,1H3. The summed E-state index contributed by atoms with van der Waals surface area (Å²) in [6.45, 7) is 9.07. The summed E-state index contributed by atoms with van der Waals surface area (Å²) in [4.78, 5) is 9.35. The first kappa shape index (κ1) is 12.7. The van der Waals surface area contributed by atoms with Gasteiger partial charge in [0.05, 0.1) is 26.4 Å². The number of ether oxygens (including phenoxy) is 2. The van der Waals surface area contributed by atoms with Crippen LogP contribution in [0, 0.1) is 6.92 Å². The quantitative estimate of drug-likeness (QED) is 0.798. The van der Waals surface area contributed by atoms with Crippen molar-refractivity contribution in [2.24, 2.45) is 0 Å². The van der Waals surface area contributed by atoms with Crippen LogP contribution in [0.15, 0.2) is 12.1 Å². The second kappa shape index (κ2) is 5.75. The van der Waals surface area contributed by atoms with Crippen LogP contribution in [0.5, 0.6) is 0 Å². The van der Waals surface area contributed by atoms with Gasteiger partial charge in [-0.2, -0.15) is 0 Å². The number of hydrogen-bond donors (Lipinski definition) is 0. The van der Waals surface area contributed by atoms with Crippen molar-refractivity contribution in [1.82, 2.24) is 4.98 Å². The van der Waals surface area contributed by atoms with Gasteiger partial charge in [0.1, 0.15) is 5.82 Å². The molecule has 0 saturated carbocycles. The molecule has 0 bridgehead atoms. The number of aromatic nitrogens is 1. The minimum Gasteiger partial charge on any atom is -0.378 e. The number of hydrogen-bond acceptors (Lipinski definition) is 5. The van der Waals surface area contributed by atoms with Gasteiger partial charge < -0.3 is 19.3 Å². The van der Waals surface area contributed by atoms with Crippen LogP contribution in [0.1, 0.15) is 5.69 Å². The summed E-state index contributed by atoms with van der Waals surface area (Å²) in [5.74, 6) is 1.07. The molecule has 0 aliphatic carbocycles. The van der Waals surface area contributed by atoms with Crippen LogP contribution in [-0.4, -0.2) is 57.6 Å². The van der Waals surface area contributed by atoms with E-state index in [2.05, 4.69) is 33.8 Å². The minimum atomic E-state index is 0.794. The molecule has 3 rings (SSSR count). The molecule has 19 heavy (non-hydrogen) atoms. The molecule has 2 aliphatic heterocycles. The molecular formula is C14H21N3O2. The molecule has 3 heterocycles. The third kappa shape index (κ3) is 2.98. The molecule has 5 nitrogen and oxygen atoms in total. The van der Waals surface area contributed by atoms with E-state index in [1.54, 1.807) is 0 Å². The fraction of sp³-hybridized carbons (Fsp3) is 0.643. The average molecular weight is 263 g/mol. The smallest absolute Gasteiger partial charge is 0.131 e. The maximum atomic E-state index is 5.41. The van der Waals surface area contributed by atoms with Gasteiger partial charge in [-0.25, -0.2) is 4.98 Å². The highest BCUT2D eigenvalue weighted by atomic mass is 16.5. The molecule has 5 heteroatoms. The molecule has 1 aromatic rings. The molecule has 0 spiro atoms. The van der Waals surface area contributed by atoms with E-state index in [0.29, 0.717) is 0 Å². The first-order valence-corrected chi connectivity index (χ1v) is 6.97. The maximum absolute atomic E-state index is 5.41. The Hall–Kier alpha value is -1.33. The van der Waals surface area contributed by atoms with Crippen LogP contribution in [-0.2, 0) is 9.47 Å². The summed E-state index contributed by atoms with van der Waals surface area (Å²) in [5.41, 5.74) is 2.34. The minimum absolute atomic E-state index is 0.794. The lowest BCUT2D eigenvalue weighted by molar-refractivity contribution is 0.122. The lowest BCUT2D eigenvalue weighted by Gasteiger charge is -2.32. The number of nitrogens with zero attached hydrogens (tertiary/aromatic N) is 3. The molecule has 1 aromatic heterocycles. The molecule has 0 amide bonds. The van der Waals surface area contributed by atoms with E-state index in [4.69, 9.17) is 9.47 Å². The molecule has 0 N–H and O–H groups in total. The molecule has 104 valence electrons. The number of morpholine rings is 2. The zero-order chi connectivity index (χ0) is 13.1. The fourth-order valence-corrected chi connectivity index (χ4v) is 2.59. The molecule has 0 aromatic carbocycles. The van der Waals surface area contributed by atoms with E-state index in [0.717, 1.165) is 64.1 Å². The Morgan fingerprint density at radius 3 is 2.11 bits per heavy atom. The molecule has 2 saturated heterocycles. The van der Waals surface area contributed by atoms with Gasteiger partial charge in [-0.05, 0) is 13.0 Å². The van der Waals surface area contributed by atoms with Gasteiger partial charge in [0.2, 0.25) is 0 Å². The highest BCUT2D eigenvalue weighted by molar-refractivity contribution is 5.57. The van der Waals surface area contributed by atoms with E-state index < -0.39 is 0 Å². The summed E-state index contributed by atoms with van der Waals surface area (Å²) in [6.07, 6.45) is 0. The van der Waals surface area contributed by atoms with Crippen LogP contribution in [0.2, 0.25) is 0 Å². The highest BCUT2D eigenvalue weighted by Gasteiger charge is 2.16. The zero-order valence-corrected chi connectivity index (χ0v) is 11.5. The SMILES string of the molecule is Cc1cc(N2CCOCC2)cc(N2CCOCC2)n1. The Labute approximate surface area is 114 Å². The normalized spacial score (nSPS) is 20.7.